The number of benzene rings is 1. The van der Waals surface area contributed by atoms with Crippen LogP contribution < -0.4 is 10.6 Å². The van der Waals surface area contributed by atoms with Crippen LogP contribution in [0.5, 0.6) is 0 Å². The first-order valence-electron chi connectivity index (χ1n) is 8.90. The van der Waals surface area contributed by atoms with Crippen LogP contribution in [-0.2, 0) is 6.18 Å². The van der Waals surface area contributed by atoms with Gasteiger partial charge in [0.1, 0.15) is 5.82 Å². The molecule has 162 valence electrons. The first-order valence-corrected chi connectivity index (χ1v) is 8.90. The number of amides is 1. The zero-order valence-corrected chi connectivity index (χ0v) is 16.1. The fourth-order valence-corrected chi connectivity index (χ4v) is 2.74. The predicted octanol–water partition coefficient (Wildman–Crippen LogP) is 2.74. The quantitative estimate of drug-likeness (QED) is 0.332. The molecule has 0 fully saturated rings. The second-order valence-electron chi connectivity index (χ2n) is 6.29. The summed E-state index contributed by atoms with van der Waals surface area (Å²) < 4.78 is 40.2. The van der Waals surface area contributed by atoms with E-state index >= 15 is 0 Å². The standard InChI is InChI=1S/C18H16F3N7O3/c1-11-15(25-26-27(11)12-4-2-5-13(10-12)28(30)31)17(29)24-9-8-23-16-14(18(19,20)21)6-3-7-22-16/h2-7,10H,8-9H2,1H3,(H,22,23)(H,24,29). The van der Waals surface area contributed by atoms with Gasteiger partial charge in [0.05, 0.1) is 21.9 Å². The summed E-state index contributed by atoms with van der Waals surface area (Å²) in [6.07, 6.45) is -3.33. The van der Waals surface area contributed by atoms with Crippen molar-refractivity contribution in [3.63, 3.8) is 0 Å². The number of carbonyl (C=O) groups is 1. The van der Waals surface area contributed by atoms with E-state index < -0.39 is 22.6 Å². The van der Waals surface area contributed by atoms with Crippen LogP contribution in [0.3, 0.4) is 0 Å². The average Bonchev–Trinajstić information content (AvgIpc) is 3.12. The Bertz CT molecular complexity index is 1110. The SMILES string of the molecule is Cc1c(C(=O)NCCNc2ncccc2C(F)(F)F)nnn1-c1cccc([N+](=O)[O-])c1. The van der Waals surface area contributed by atoms with Crippen LogP contribution in [0.1, 0.15) is 21.7 Å². The number of carbonyl (C=O) groups excluding carboxylic acids is 1. The fourth-order valence-electron chi connectivity index (χ4n) is 2.74. The lowest BCUT2D eigenvalue weighted by Gasteiger charge is -2.13. The minimum atomic E-state index is -4.55. The maximum Gasteiger partial charge on any atom is 0.419 e. The molecule has 0 unspecified atom stereocenters. The zero-order chi connectivity index (χ0) is 22.6. The molecule has 0 bridgehead atoms. The fraction of sp³-hybridized carbons (Fsp3) is 0.222. The molecule has 31 heavy (non-hydrogen) atoms. The Labute approximate surface area is 173 Å². The highest BCUT2D eigenvalue weighted by molar-refractivity contribution is 5.93. The van der Waals surface area contributed by atoms with Crippen LogP contribution in [0.15, 0.2) is 42.6 Å². The molecule has 0 radical (unpaired) electrons. The minimum absolute atomic E-state index is 0.00415. The number of halogens is 3. The van der Waals surface area contributed by atoms with Crippen molar-refractivity contribution in [2.45, 2.75) is 13.1 Å². The Morgan fingerprint density at radius 1 is 1.23 bits per heavy atom. The second kappa shape index (κ2) is 8.77. The van der Waals surface area contributed by atoms with Gasteiger partial charge in [-0.25, -0.2) is 9.67 Å². The van der Waals surface area contributed by atoms with Crippen LogP contribution in [0.4, 0.5) is 24.7 Å². The number of non-ortho nitro benzene ring substituents is 1. The largest absolute Gasteiger partial charge is 0.419 e. The van der Waals surface area contributed by atoms with Crippen molar-refractivity contribution >= 4 is 17.4 Å². The van der Waals surface area contributed by atoms with Gasteiger partial charge < -0.3 is 10.6 Å². The lowest BCUT2D eigenvalue weighted by molar-refractivity contribution is -0.384. The smallest absolute Gasteiger partial charge is 0.368 e. The first-order chi connectivity index (χ1) is 14.7. The van der Waals surface area contributed by atoms with E-state index in [-0.39, 0.29) is 30.3 Å². The molecule has 3 aromatic rings. The van der Waals surface area contributed by atoms with Crippen molar-refractivity contribution in [2.75, 3.05) is 18.4 Å². The van der Waals surface area contributed by atoms with Gasteiger partial charge in [-0.3, -0.25) is 14.9 Å². The second-order valence-corrected chi connectivity index (χ2v) is 6.29. The number of nitro groups is 1. The number of alkyl halides is 3. The van der Waals surface area contributed by atoms with Crippen LogP contribution in [0, 0.1) is 17.0 Å². The highest BCUT2D eigenvalue weighted by Gasteiger charge is 2.33. The van der Waals surface area contributed by atoms with Crippen molar-refractivity contribution in [2.24, 2.45) is 0 Å². The summed E-state index contributed by atoms with van der Waals surface area (Å²) in [5.74, 6) is -0.926. The van der Waals surface area contributed by atoms with Crippen molar-refractivity contribution in [1.29, 1.82) is 0 Å². The Kier molecular flexibility index (Phi) is 6.13. The monoisotopic (exact) mass is 435 g/mol. The third-order valence-corrected chi connectivity index (χ3v) is 4.21. The van der Waals surface area contributed by atoms with Crippen molar-refractivity contribution < 1.29 is 22.9 Å². The van der Waals surface area contributed by atoms with Crippen molar-refractivity contribution in [3.05, 3.63) is 69.7 Å². The van der Waals surface area contributed by atoms with Gasteiger partial charge in [0, 0.05) is 31.4 Å². The molecule has 1 amide bonds. The molecule has 0 saturated carbocycles. The van der Waals surface area contributed by atoms with Gasteiger partial charge in [0.15, 0.2) is 5.69 Å². The normalized spacial score (nSPS) is 11.2. The highest BCUT2D eigenvalue weighted by Crippen LogP contribution is 2.33. The number of rotatable bonds is 7. The molecule has 2 N–H and O–H groups in total. The molecule has 2 heterocycles. The molecule has 0 aliphatic rings. The van der Waals surface area contributed by atoms with Gasteiger partial charge in [0.25, 0.3) is 11.6 Å². The van der Waals surface area contributed by atoms with Gasteiger partial charge in [-0.15, -0.1) is 5.10 Å². The molecule has 1 aromatic carbocycles. The van der Waals surface area contributed by atoms with Crippen LogP contribution in [0.25, 0.3) is 5.69 Å². The summed E-state index contributed by atoms with van der Waals surface area (Å²) >= 11 is 0. The summed E-state index contributed by atoms with van der Waals surface area (Å²) in [5.41, 5.74) is -0.362. The summed E-state index contributed by atoms with van der Waals surface area (Å²) in [5, 5.41) is 23.7. The van der Waals surface area contributed by atoms with E-state index in [1.54, 1.807) is 13.0 Å². The molecular weight excluding hydrogens is 419 g/mol. The molecule has 0 aliphatic heterocycles. The first kappa shape index (κ1) is 21.7. The maximum atomic E-state index is 13.0. The number of anilines is 1. The van der Waals surface area contributed by atoms with Gasteiger partial charge in [-0.1, -0.05) is 11.3 Å². The van der Waals surface area contributed by atoms with E-state index in [1.807, 2.05) is 0 Å². The molecule has 0 spiro atoms. The predicted molar refractivity (Wildman–Crippen MR) is 103 cm³/mol. The minimum Gasteiger partial charge on any atom is -0.368 e. The lowest BCUT2D eigenvalue weighted by Crippen LogP contribution is -2.30. The Balaban J connectivity index is 1.63. The summed E-state index contributed by atoms with van der Waals surface area (Å²) in [6, 6.07) is 7.76. The van der Waals surface area contributed by atoms with E-state index in [0.717, 1.165) is 6.07 Å². The van der Waals surface area contributed by atoms with Gasteiger partial charge in [0.2, 0.25) is 0 Å². The summed E-state index contributed by atoms with van der Waals surface area (Å²) in [6.45, 7) is 1.55. The molecule has 10 nitrogen and oxygen atoms in total. The number of aromatic nitrogens is 4. The molecule has 13 heteroatoms. The maximum absolute atomic E-state index is 13.0. The van der Waals surface area contributed by atoms with Crippen LogP contribution in [-0.4, -0.2) is 43.9 Å². The number of nitrogens with zero attached hydrogens (tertiary/aromatic N) is 5. The van der Waals surface area contributed by atoms with Crippen LogP contribution >= 0.6 is 0 Å². The summed E-state index contributed by atoms with van der Waals surface area (Å²) in [7, 11) is 0. The molecule has 2 aromatic heterocycles. The molecule has 3 rings (SSSR count). The third kappa shape index (κ3) is 4.94. The Morgan fingerprint density at radius 2 is 2.00 bits per heavy atom. The van der Waals surface area contributed by atoms with E-state index in [1.165, 1.54) is 35.1 Å². The van der Waals surface area contributed by atoms with Gasteiger partial charge in [-0.05, 0) is 25.1 Å². The molecule has 0 saturated heterocycles. The van der Waals surface area contributed by atoms with E-state index in [4.69, 9.17) is 0 Å². The van der Waals surface area contributed by atoms with E-state index in [0.29, 0.717) is 11.4 Å². The number of nitrogens with one attached hydrogen (secondary N) is 2. The number of hydrogen-bond acceptors (Lipinski definition) is 7. The zero-order valence-electron chi connectivity index (χ0n) is 16.1. The molecule has 0 aliphatic carbocycles. The van der Waals surface area contributed by atoms with Gasteiger partial charge in [-0.2, -0.15) is 13.2 Å². The van der Waals surface area contributed by atoms with Crippen LogP contribution in [0.2, 0.25) is 0 Å². The van der Waals surface area contributed by atoms with E-state index in [9.17, 15) is 28.1 Å². The summed E-state index contributed by atoms with van der Waals surface area (Å²) in [4.78, 5) is 26.4. The molecule has 0 atom stereocenters. The third-order valence-electron chi connectivity index (χ3n) is 4.21. The number of pyridine rings is 1. The van der Waals surface area contributed by atoms with E-state index in [2.05, 4.69) is 25.9 Å². The highest BCUT2D eigenvalue weighted by atomic mass is 19.4. The number of hydrogen-bond donors (Lipinski definition) is 2. The molecular formula is C18H16F3N7O3. The number of nitro benzene ring substituents is 1. The van der Waals surface area contributed by atoms with Crippen molar-refractivity contribution in [1.82, 2.24) is 25.3 Å². The Hall–Kier alpha value is -4.03. The average molecular weight is 435 g/mol. The Morgan fingerprint density at radius 3 is 2.71 bits per heavy atom. The topological polar surface area (TPSA) is 128 Å². The van der Waals surface area contributed by atoms with Crippen molar-refractivity contribution in [3.8, 4) is 5.69 Å². The lowest BCUT2D eigenvalue weighted by atomic mass is 10.2. The van der Waals surface area contributed by atoms with Gasteiger partial charge >= 0.3 is 6.18 Å².